The molecule has 0 aromatic rings. The van der Waals surface area contributed by atoms with Crippen molar-refractivity contribution in [1.29, 1.82) is 0 Å². The Morgan fingerprint density at radius 2 is 1.43 bits per heavy atom. The van der Waals surface area contributed by atoms with E-state index in [0.717, 1.165) is 17.7 Å². The Balaban J connectivity index is 4.50. The Labute approximate surface area is 92.3 Å². The molecule has 0 aromatic carbocycles. The molecular weight excluding hydrogens is 167 g/mol. The van der Waals surface area contributed by atoms with Crippen molar-refractivity contribution in [3.05, 3.63) is 0 Å². The summed E-state index contributed by atoms with van der Waals surface area (Å²) in [7, 11) is 2.41. The van der Waals surface area contributed by atoms with Gasteiger partial charge in [-0.2, -0.15) is 0 Å². The van der Waals surface area contributed by atoms with Crippen LogP contribution in [0, 0.1) is 17.3 Å². The molecule has 0 aliphatic carbocycles. The molecule has 1 atom stereocenters. The van der Waals surface area contributed by atoms with Gasteiger partial charge >= 0.3 is 0 Å². The third-order valence-electron chi connectivity index (χ3n) is 4.50. The van der Waals surface area contributed by atoms with Crippen LogP contribution in [0.4, 0.5) is 0 Å². The summed E-state index contributed by atoms with van der Waals surface area (Å²) in [5, 5.41) is 0. The van der Waals surface area contributed by atoms with E-state index in [-0.39, 0.29) is 0 Å². The van der Waals surface area contributed by atoms with E-state index in [0.29, 0.717) is 5.41 Å². The van der Waals surface area contributed by atoms with Crippen LogP contribution in [0.25, 0.3) is 0 Å². The zero-order valence-electron chi connectivity index (χ0n) is 11.4. The molecule has 1 heteroatoms. The highest BCUT2D eigenvalue weighted by Gasteiger charge is 2.31. The van der Waals surface area contributed by atoms with Crippen molar-refractivity contribution in [3.63, 3.8) is 0 Å². The lowest BCUT2D eigenvalue weighted by atomic mass is 9.61. The third kappa shape index (κ3) is 3.33. The van der Waals surface area contributed by atoms with E-state index in [9.17, 15) is 0 Å². The average molecular weight is 196 g/mol. The molecule has 14 heavy (non-hydrogen) atoms. The Morgan fingerprint density at radius 1 is 1.00 bits per heavy atom. The fraction of sp³-hybridized carbons (Fsp3) is 1.00. The van der Waals surface area contributed by atoms with Crippen LogP contribution < -0.4 is 0 Å². The highest BCUT2D eigenvalue weighted by atomic mass is 14.4. The summed E-state index contributed by atoms with van der Waals surface area (Å²) in [5.41, 5.74) is 0.587. The Kier molecular flexibility index (Phi) is 5.85. The molecular formula is C13H29B. The quantitative estimate of drug-likeness (QED) is 0.565. The highest BCUT2D eigenvalue weighted by molar-refractivity contribution is 6.11. The van der Waals surface area contributed by atoms with Crippen LogP contribution in [0.1, 0.15) is 60.8 Å². The first-order valence-corrected chi connectivity index (χ1v) is 6.39. The minimum Gasteiger partial charge on any atom is -0.0669 e. The Bertz CT molecular complexity index is 145. The molecule has 1 unspecified atom stereocenters. The topological polar surface area (TPSA) is 0 Å². The summed E-state index contributed by atoms with van der Waals surface area (Å²) in [6, 6.07) is 0. The summed E-state index contributed by atoms with van der Waals surface area (Å²) in [4.78, 5) is 0. The predicted octanol–water partition coefficient (Wildman–Crippen LogP) is 3.92. The van der Waals surface area contributed by atoms with E-state index in [1.165, 1.54) is 19.3 Å². The fourth-order valence-corrected chi connectivity index (χ4v) is 2.47. The molecule has 0 nitrogen and oxygen atoms in total. The first kappa shape index (κ1) is 14.1. The second-order valence-corrected chi connectivity index (χ2v) is 5.65. The Hall–Kier alpha value is 0.0649. The van der Waals surface area contributed by atoms with E-state index in [1.807, 2.05) is 0 Å². The zero-order chi connectivity index (χ0) is 11.4. The summed E-state index contributed by atoms with van der Waals surface area (Å²) >= 11 is 0. The summed E-state index contributed by atoms with van der Waals surface area (Å²) in [6.45, 7) is 14.2. The lowest BCUT2D eigenvalue weighted by Crippen LogP contribution is -2.28. The summed E-state index contributed by atoms with van der Waals surface area (Å²) in [5.74, 6) is 2.50. The van der Waals surface area contributed by atoms with Crippen LogP contribution >= 0.6 is 0 Å². The molecule has 0 rings (SSSR count). The largest absolute Gasteiger partial charge is 0.105 e. The van der Waals surface area contributed by atoms with E-state index in [1.54, 1.807) is 0 Å². The fourth-order valence-electron chi connectivity index (χ4n) is 2.47. The lowest BCUT2D eigenvalue weighted by Gasteiger charge is -2.39. The van der Waals surface area contributed by atoms with Crippen molar-refractivity contribution in [2.24, 2.45) is 17.3 Å². The van der Waals surface area contributed by atoms with Crippen LogP contribution in [-0.4, -0.2) is 7.85 Å². The van der Waals surface area contributed by atoms with Gasteiger partial charge in [-0.1, -0.05) is 72.5 Å². The second-order valence-electron chi connectivity index (χ2n) is 5.65. The van der Waals surface area contributed by atoms with Gasteiger partial charge in [-0.05, 0) is 11.3 Å². The van der Waals surface area contributed by atoms with E-state index in [2.05, 4.69) is 49.4 Å². The van der Waals surface area contributed by atoms with Crippen molar-refractivity contribution in [2.45, 2.75) is 66.6 Å². The maximum absolute atomic E-state index is 2.41. The highest BCUT2D eigenvalue weighted by Crippen LogP contribution is 2.43. The van der Waals surface area contributed by atoms with Gasteiger partial charge in [-0.25, -0.2) is 0 Å². The molecule has 0 bridgehead atoms. The van der Waals surface area contributed by atoms with Crippen LogP contribution in [0.3, 0.4) is 0 Å². The summed E-state index contributed by atoms with van der Waals surface area (Å²) < 4.78 is 0. The van der Waals surface area contributed by atoms with Crippen molar-refractivity contribution in [3.8, 4) is 0 Å². The van der Waals surface area contributed by atoms with Gasteiger partial charge in [0.2, 0.25) is 0 Å². The van der Waals surface area contributed by atoms with Crippen molar-refractivity contribution in [2.75, 3.05) is 0 Å². The van der Waals surface area contributed by atoms with Gasteiger partial charge in [0.25, 0.3) is 0 Å². The molecule has 0 saturated heterocycles. The Morgan fingerprint density at radius 3 is 1.64 bits per heavy atom. The van der Waals surface area contributed by atoms with E-state index in [4.69, 9.17) is 0 Å². The van der Waals surface area contributed by atoms with Crippen molar-refractivity contribution >= 4 is 7.85 Å². The molecule has 0 spiro atoms. The first-order valence-electron chi connectivity index (χ1n) is 6.39. The maximum Gasteiger partial charge on any atom is 0.105 e. The van der Waals surface area contributed by atoms with Crippen LogP contribution in [0.2, 0.25) is 5.82 Å². The molecule has 84 valence electrons. The molecule has 0 N–H and O–H groups in total. The molecule has 0 heterocycles. The minimum atomic E-state index is 0.587. The van der Waals surface area contributed by atoms with Crippen LogP contribution in [0.15, 0.2) is 0 Å². The van der Waals surface area contributed by atoms with Gasteiger partial charge in [0, 0.05) is 0 Å². The molecule has 0 aliphatic rings. The van der Waals surface area contributed by atoms with Crippen molar-refractivity contribution < 1.29 is 0 Å². The van der Waals surface area contributed by atoms with Crippen LogP contribution in [0.5, 0.6) is 0 Å². The zero-order valence-corrected chi connectivity index (χ0v) is 11.4. The van der Waals surface area contributed by atoms with Crippen molar-refractivity contribution in [1.82, 2.24) is 0 Å². The number of hydrogen-bond acceptors (Lipinski definition) is 0. The van der Waals surface area contributed by atoms with Gasteiger partial charge in [-0.15, -0.1) is 0 Å². The predicted molar refractivity (Wildman–Crippen MR) is 69.6 cm³/mol. The monoisotopic (exact) mass is 196 g/mol. The third-order valence-corrected chi connectivity index (χ3v) is 4.50. The van der Waals surface area contributed by atoms with Gasteiger partial charge in [-0.3, -0.25) is 0 Å². The molecule has 0 saturated carbocycles. The average Bonchev–Trinajstić information content (AvgIpc) is 2.13. The van der Waals surface area contributed by atoms with Gasteiger partial charge in [0.15, 0.2) is 0 Å². The number of rotatable bonds is 6. The first-order chi connectivity index (χ1) is 6.39. The van der Waals surface area contributed by atoms with Gasteiger partial charge in [0.1, 0.15) is 7.85 Å². The SMILES string of the molecule is BC(CC(CC)(CC)C(C)C)C(C)C. The smallest absolute Gasteiger partial charge is 0.0669 e. The van der Waals surface area contributed by atoms with Gasteiger partial charge in [0.05, 0.1) is 0 Å². The van der Waals surface area contributed by atoms with Crippen LogP contribution in [-0.2, 0) is 0 Å². The lowest BCUT2D eigenvalue weighted by molar-refractivity contribution is 0.143. The molecule has 0 fully saturated rings. The minimum absolute atomic E-state index is 0.587. The normalized spacial score (nSPS) is 15.1. The molecule has 0 aliphatic heterocycles. The molecule has 0 aromatic heterocycles. The van der Waals surface area contributed by atoms with E-state index >= 15 is 0 Å². The standard InChI is InChI=1S/C13H29B/c1-7-13(8-2,11(5)6)9-12(14)10(3)4/h10-12H,7-9,14H2,1-6H3. The molecule has 0 radical (unpaired) electrons. The second kappa shape index (κ2) is 5.83. The molecule has 0 amide bonds. The van der Waals surface area contributed by atoms with E-state index < -0.39 is 0 Å². The maximum atomic E-state index is 2.41. The number of hydrogen-bond donors (Lipinski definition) is 0. The summed E-state index contributed by atoms with van der Waals surface area (Å²) in [6.07, 6.45) is 4.06. The van der Waals surface area contributed by atoms with Gasteiger partial charge < -0.3 is 0 Å².